The number of thiazole rings is 1. The van der Waals surface area contributed by atoms with Gasteiger partial charge in [0.25, 0.3) is 5.91 Å². The van der Waals surface area contributed by atoms with E-state index in [0.29, 0.717) is 31.2 Å². The normalized spacial score (nSPS) is 10.7. The number of hydrogen-bond acceptors (Lipinski definition) is 5. The lowest BCUT2D eigenvalue weighted by molar-refractivity contribution is 0.0688. The van der Waals surface area contributed by atoms with Crippen LogP contribution in [0.25, 0.3) is 10.6 Å². The number of carbonyl (C=O) groups is 1. The van der Waals surface area contributed by atoms with Gasteiger partial charge in [0, 0.05) is 25.8 Å². The summed E-state index contributed by atoms with van der Waals surface area (Å²) >= 11 is 1.42. The van der Waals surface area contributed by atoms with E-state index in [0.717, 1.165) is 22.7 Å². The molecule has 0 aliphatic carbocycles. The van der Waals surface area contributed by atoms with Crippen molar-refractivity contribution in [3.05, 3.63) is 40.9 Å². The molecule has 0 unspecified atom stereocenters. The fraction of sp³-hybridized carbons (Fsp3) is 0.412. The predicted octanol–water partition coefficient (Wildman–Crippen LogP) is 2.90. The van der Waals surface area contributed by atoms with Crippen LogP contribution in [0.15, 0.2) is 30.3 Å². The Hall–Kier alpha value is -1.76. The van der Waals surface area contributed by atoms with Gasteiger partial charge in [0.05, 0.1) is 18.9 Å². The Bertz CT molecular complexity index is 614. The molecule has 0 bridgehead atoms. The van der Waals surface area contributed by atoms with Gasteiger partial charge in [0.15, 0.2) is 0 Å². The van der Waals surface area contributed by atoms with Gasteiger partial charge >= 0.3 is 0 Å². The zero-order valence-electron chi connectivity index (χ0n) is 13.5. The summed E-state index contributed by atoms with van der Waals surface area (Å²) in [6.07, 6.45) is 0.777. The average molecular weight is 334 g/mol. The monoisotopic (exact) mass is 334 g/mol. The molecule has 1 N–H and O–H groups in total. The highest BCUT2D eigenvalue weighted by Crippen LogP contribution is 2.27. The summed E-state index contributed by atoms with van der Waals surface area (Å²) in [5, 5.41) is 3.79. The van der Waals surface area contributed by atoms with Crippen molar-refractivity contribution < 1.29 is 14.3 Å². The van der Waals surface area contributed by atoms with E-state index in [1.54, 1.807) is 7.11 Å². The van der Waals surface area contributed by atoms with E-state index >= 15 is 0 Å². The molecule has 2 aromatic rings. The number of carbonyl (C=O) groups excluding carboxylic acids is 1. The first-order valence-corrected chi connectivity index (χ1v) is 8.41. The van der Waals surface area contributed by atoms with E-state index in [-0.39, 0.29) is 5.91 Å². The maximum Gasteiger partial charge on any atom is 0.263 e. The molecule has 0 radical (unpaired) electrons. The quantitative estimate of drug-likeness (QED) is 0.716. The van der Waals surface area contributed by atoms with Crippen molar-refractivity contribution in [3.8, 4) is 10.6 Å². The molecule has 0 saturated heterocycles. The van der Waals surface area contributed by atoms with Crippen LogP contribution in [0.3, 0.4) is 0 Å². The fourth-order valence-electron chi connectivity index (χ4n) is 2.01. The van der Waals surface area contributed by atoms with Gasteiger partial charge in [-0.05, 0) is 13.3 Å². The summed E-state index contributed by atoms with van der Waals surface area (Å²) in [7, 11) is 1.64. The zero-order valence-corrected chi connectivity index (χ0v) is 14.3. The Morgan fingerprint density at radius 3 is 2.74 bits per heavy atom. The van der Waals surface area contributed by atoms with Crippen molar-refractivity contribution in [2.24, 2.45) is 0 Å². The molecule has 23 heavy (non-hydrogen) atoms. The first kappa shape index (κ1) is 17.6. The molecule has 1 aromatic carbocycles. The standard InChI is InChI=1S/C17H22N2O3S/c1-13-15(16(20)18-9-6-10-22-12-11-21-2)23-17(19-13)14-7-4-3-5-8-14/h3-5,7-8H,6,9-12H2,1-2H3,(H,18,20). The highest BCUT2D eigenvalue weighted by molar-refractivity contribution is 7.17. The van der Waals surface area contributed by atoms with Crippen LogP contribution in [-0.4, -0.2) is 44.4 Å². The second-order valence-corrected chi connectivity index (χ2v) is 6.01. The molecule has 0 spiro atoms. The molecule has 0 saturated carbocycles. The Morgan fingerprint density at radius 1 is 1.22 bits per heavy atom. The van der Waals surface area contributed by atoms with E-state index in [1.165, 1.54) is 11.3 Å². The minimum Gasteiger partial charge on any atom is -0.382 e. The summed E-state index contributed by atoms with van der Waals surface area (Å²) < 4.78 is 10.3. The number of benzene rings is 1. The zero-order chi connectivity index (χ0) is 16.5. The fourth-order valence-corrected chi connectivity index (χ4v) is 3.00. The molecular formula is C17H22N2O3S. The van der Waals surface area contributed by atoms with Crippen LogP contribution < -0.4 is 5.32 Å². The largest absolute Gasteiger partial charge is 0.382 e. The van der Waals surface area contributed by atoms with E-state index in [4.69, 9.17) is 9.47 Å². The third-order valence-electron chi connectivity index (χ3n) is 3.21. The Morgan fingerprint density at radius 2 is 2.00 bits per heavy atom. The first-order valence-electron chi connectivity index (χ1n) is 7.60. The predicted molar refractivity (Wildman–Crippen MR) is 91.9 cm³/mol. The van der Waals surface area contributed by atoms with Crippen molar-refractivity contribution >= 4 is 17.2 Å². The molecule has 2 rings (SSSR count). The Kier molecular flexibility index (Phi) is 7.19. The van der Waals surface area contributed by atoms with E-state index in [9.17, 15) is 4.79 Å². The molecule has 1 heterocycles. The summed E-state index contributed by atoms with van der Waals surface area (Å²) in [5.74, 6) is -0.0703. The lowest BCUT2D eigenvalue weighted by Gasteiger charge is -2.05. The molecule has 6 heteroatoms. The van der Waals surface area contributed by atoms with Crippen LogP contribution >= 0.6 is 11.3 Å². The second-order valence-electron chi connectivity index (χ2n) is 5.01. The van der Waals surface area contributed by atoms with Gasteiger partial charge in [-0.1, -0.05) is 30.3 Å². The minimum atomic E-state index is -0.0703. The molecule has 0 atom stereocenters. The second kappa shape index (κ2) is 9.39. The van der Waals surface area contributed by atoms with Gasteiger partial charge in [-0.3, -0.25) is 4.79 Å². The summed E-state index contributed by atoms with van der Waals surface area (Å²) in [6.45, 7) is 4.24. The molecule has 0 fully saturated rings. The molecule has 124 valence electrons. The molecule has 1 amide bonds. The minimum absolute atomic E-state index is 0.0703. The summed E-state index contributed by atoms with van der Waals surface area (Å²) in [5.41, 5.74) is 1.80. The van der Waals surface area contributed by atoms with Crippen molar-refractivity contribution in [1.29, 1.82) is 0 Å². The average Bonchev–Trinajstić information content (AvgIpc) is 2.96. The lowest BCUT2D eigenvalue weighted by atomic mass is 10.2. The van der Waals surface area contributed by atoms with E-state index in [2.05, 4.69) is 10.3 Å². The lowest BCUT2D eigenvalue weighted by Crippen LogP contribution is -2.25. The van der Waals surface area contributed by atoms with Gasteiger partial charge in [0.2, 0.25) is 0 Å². The third kappa shape index (κ3) is 5.42. The Labute approximate surface area is 140 Å². The van der Waals surface area contributed by atoms with Crippen LogP contribution in [0.4, 0.5) is 0 Å². The number of hydrogen-bond donors (Lipinski definition) is 1. The van der Waals surface area contributed by atoms with Crippen LogP contribution in [0.2, 0.25) is 0 Å². The molecule has 5 nitrogen and oxygen atoms in total. The number of methoxy groups -OCH3 is 1. The number of aromatic nitrogens is 1. The SMILES string of the molecule is COCCOCCCNC(=O)c1sc(-c2ccccc2)nc1C. The molecule has 0 aliphatic rings. The number of aryl methyl sites for hydroxylation is 1. The number of ether oxygens (including phenoxy) is 2. The maximum absolute atomic E-state index is 12.2. The first-order chi connectivity index (χ1) is 11.2. The smallest absolute Gasteiger partial charge is 0.263 e. The van der Waals surface area contributed by atoms with Crippen LogP contribution in [0.1, 0.15) is 21.8 Å². The topological polar surface area (TPSA) is 60.5 Å². The third-order valence-corrected chi connectivity index (χ3v) is 4.41. The molecule has 1 aromatic heterocycles. The molecular weight excluding hydrogens is 312 g/mol. The van der Waals surface area contributed by atoms with E-state index < -0.39 is 0 Å². The van der Waals surface area contributed by atoms with Gasteiger partial charge in [-0.15, -0.1) is 11.3 Å². The van der Waals surface area contributed by atoms with Gasteiger partial charge in [-0.2, -0.15) is 0 Å². The summed E-state index contributed by atoms with van der Waals surface area (Å²) in [4.78, 5) is 17.4. The van der Waals surface area contributed by atoms with Crippen LogP contribution in [-0.2, 0) is 9.47 Å². The van der Waals surface area contributed by atoms with Crippen molar-refractivity contribution in [3.63, 3.8) is 0 Å². The van der Waals surface area contributed by atoms with Gasteiger partial charge < -0.3 is 14.8 Å². The Balaban J connectivity index is 1.82. The highest BCUT2D eigenvalue weighted by Gasteiger charge is 2.15. The number of rotatable bonds is 9. The maximum atomic E-state index is 12.2. The van der Waals surface area contributed by atoms with Crippen LogP contribution in [0, 0.1) is 6.92 Å². The highest BCUT2D eigenvalue weighted by atomic mass is 32.1. The number of nitrogens with one attached hydrogen (secondary N) is 1. The summed E-state index contributed by atoms with van der Waals surface area (Å²) in [6, 6.07) is 9.89. The molecule has 0 aliphatic heterocycles. The van der Waals surface area contributed by atoms with Crippen molar-refractivity contribution in [2.45, 2.75) is 13.3 Å². The van der Waals surface area contributed by atoms with Crippen LogP contribution in [0.5, 0.6) is 0 Å². The van der Waals surface area contributed by atoms with Crippen molar-refractivity contribution in [2.75, 3.05) is 33.5 Å². The van der Waals surface area contributed by atoms with Crippen molar-refractivity contribution in [1.82, 2.24) is 10.3 Å². The van der Waals surface area contributed by atoms with Gasteiger partial charge in [-0.25, -0.2) is 4.98 Å². The van der Waals surface area contributed by atoms with E-state index in [1.807, 2.05) is 37.3 Å². The number of nitrogens with zero attached hydrogens (tertiary/aromatic N) is 1. The number of amides is 1. The van der Waals surface area contributed by atoms with Gasteiger partial charge in [0.1, 0.15) is 9.88 Å².